The van der Waals surface area contributed by atoms with Gasteiger partial charge >= 0.3 is 12.2 Å². The lowest BCUT2D eigenvalue weighted by atomic mass is 10.0. The summed E-state index contributed by atoms with van der Waals surface area (Å²) in [6, 6.07) is 11.4. The first-order valence-electron chi connectivity index (χ1n) is 11.1. The first-order chi connectivity index (χ1) is 15.8. The SMILES string of the molecule is O=C1CN(Cc2cccc(Oc3ccc(C(F)(F)F)cc3)c2)C(=O)N1CCC1CCCCN1. The maximum atomic E-state index is 12.8. The average Bonchev–Trinajstić information content (AvgIpc) is 3.05. The van der Waals surface area contributed by atoms with Crippen molar-refractivity contribution in [1.29, 1.82) is 0 Å². The fraction of sp³-hybridized carbons (Fsp3) is 0.417. The van der Waals surface area contributed by atoms with Crippen molar-refractivity contribution in [3.8, 4) is 11.5 Å². The van der Waals surface area contributed by atoms with Crippen LogP contribution in [0.5, 0.6) is 11.5 Å². The number of hydrogen-bond donors (Lipinski definition) is 1. The minimum atomic E-state index is -4.40. The Hall–Kier alpha value is -3.07. The number of nitrogens with zero attached hydrogens (tertiary/aromatic N) is 2. The topological polar surface area (TPSA) is 61.9 Å². The molecule has 9 heteroatoms. The summed E-state index contributed by atoms with van der Waals surface area (Å²) in [5.74, 6) is 0.508. The van der Waals surface area contributed by atoms with Gasteiger partial charge in [-0.15, -0.1) is 0 Å². The highest BCUT2D eigenvalue weighted by molar-refractivity contribution is 6.01. The number of carbonyl (C=O) groups is 2. The molecule has 0 aromatic heterocycles. The van der Waals surface area contributed by atoms with Gasteiger partial charge in [-0.05, 0) is 67.8 Å². The van der Waals surface area contributed by atoms with Gasteiger partial charge in [0, 0.05) is 19.1 Å². The second-order valence-corrected chi connectivity index (χ2v) is 8.39. The van der Waals surface area contributed by atoms with E-state index < -0.39 is 11.7 Å². The number of piperidine rings is 1. The van der Waals surface area contributed by atoms with E-state index in [4.69, 9.17) is 4.74 Å². The largest absolute Gasteiger partial charge is 0.457 e. The fourth-order valence-electron chi connectivity index (χ4n) is 4.17. The molecule has 0 spiro atoms. The van der Waals surface area contributed by atoms with Gasteiger partial charge in [-0.1, -0.05) is 18.6 Å². The average molecular weight is 461 g/mol. The summed E-state index contributed by atoms with van der Waals surface area (Å²) >= 11 is 0. The summed E-state index contributed by atoms with van der Waals surface area (Å²) in [6.07, 6.45) is -0.267. The molecule has 2 aliphatic rings. The summed E-state index contributed by atoms with van der Waals surface area (Å²) in [4.78, 5) is 28.0. The van der Waals surface area contributed by atoms with E-state index in [1.54, 1.807) is 18.2 Å². The summed E-state index contributed by atoms with van der Waals surface area (Å²) in [5.41, 5.74) is 0.0148. The Morgan fingerprint density at radius 2 is 1.82 bits per heavy atom. The lowest BCUT2D eigenvalue weighted by Crippen LogP contribution is -2.39. The van der Waals surface area contributed by atoms with Crippen molar-refractivity contribution < 1.29 is 27.5 Å². The van der Waals surface area contributed by atoms with Crippen molar-refractivity contribution in [2.75, 3.05) is 19.6 Å². The standard InChI is InChI=1S/C24H26F3N3O3/c25-24(26,27)18-7-9-20(10-8-18)33-21-6-3-4-17(14-21)15-29-16-22(31)30(23(29)32)13-11-19-5-1-2-12-28-19/h3-4,6-10,14,19,28H,1-2,5,11-13,15-16H2. The number of imide groups is 1. The number of alkyl halides is 3. The summed E-state index contributed by atoms with van der Waals surface area (Å²) in [5, 5.41) is 3.43. The lowest BCUT2D eigenvalue weighted by Gasteiger charge is -2.25. The molecule has 1 N–H and O–H groups in total. The number of ether oxygens (including phenoxy) is 1. The predicted octanol–water partition coefficient (Wildman–Crippen LogP) is 4.79. The molecule has 4 rings (SSSR count). The monoisotopic (exact) mass is 461 g/mol. The molecule has 176 valence electrons. The number of carbonyl (C=O) groups excluding carboxylic acids is 2. The van der Waals surface area contributed by atoms with Crippen LogP contribution in [0.4, 0.5) is 18.0 Å². The minimum absolute atomic E-state index is 0.0287. The number of amides is 3. The van der Waals surface area contributed by atoms with E-state index in [-0.39, 0.29) is 30.8 Å². The van der Waals surface area contributed by atoms with Gasteiger partial charge in [-0.3, -0.25) is 9.69 Å². The van der Waals surface area contributed by atoms with Gasteiger partial charge < -0.3 is 15.0 Å². The number of hydrogen-bond acceptors (Lipinski definition) is 4. The minimum Gasteiger partial charge on any atom is -0.457 e. The van der Waals surface area contributed by atoms with Crippen LogP contribution in [0.1, 0.15) is 36.8 Å². The molecule has 0 radical (unpaired) electrons. The third kappa shape index (κ3) is 5.84. The van der Waals surface area contributed by atoms with Crippen LogP contribution in [0, 0.1) is 0 Å². The maximum absolute atomic E-state index is 12.8. The molecule has 0 aliphatic carbocycles. The third-order valence-electron chi connectivity index (χ3n) is 5.93. The van der Waals surface area contributed by atoms with Crippen LogP contribution in [0.25, 0.3) is 0 Å². The van der Waals surface area contributed by atoms with E-state index in [2.05, 4.69) is 5.32 Å². The molecule has 3 amide bonds. The highest BCUT2D eigenvalue weighted by Crippen LogP contribution is 2.31. The van der Waals surface area contributed by atoms with Gasteiger partial charge in [0.25, 0.3) is 0 Å². The van der Waals surface area contributed by atoms with E-state index >= 15 is 0 Å². The van der Waals surface area contributed by atoms with E-state index in [0.717, 1.165) is 49.9 Å². The fourth-order valence-corrected chi connectivity index (χ4v) is 4.17. The second kappa shape index (κ2) is 9.82. The van der Waals surface area contributed by atoms with Crippen molar-refractivity contribution >= 4 is 11.9 Å². The smallest absolute Gasteiger partial charge is 0.416 e. The molecule has 2 saturated heterocycles. The maximum Gasteiger partial charge on any atom is 0.416 e. The number of nitrogens with one attached hydrogen (secondary N) is 1. The second-order valence-electron chi connectivity index (χ2n) is 8.39. The molecule has 1 atom stereocenters. The van der Waals surface area contributed by atoms with E-state index in [1.165, 1.54) is 21.9 Å². The van der Waals surface area contributed by atoms with E-state index in [0.29, 0.717) is 18.3 Å². The number of benzene rings is 2. The van der Waals surface area contributed by atoms with Gasteiger partial charge in [0.2, 0.25) is 5.91 Å². The van der Waals surface area contributed by atoms with Crippen LogP contribution >= 0.6 is 0 Å². The molecule has 6 nitrogen and oxygen atoms in total. The molecule has 2 fully saturated rings. The summed E-state index contributed by atoms with van der Waals surface area (Å²) < 4.78 is 43.8. The molecule has 33 heavy (non-hydrogen) atoms. The van der Waals surface area contributed by atoms with Gasteiger partial charge in [-0.2, -0.15) is 13.2 Å². The molecule has 0 saturated carbocycles. The lowest BCUT2D eigenvalue weighted by molar-refractivity contribution is -0.137. The number of rotatable bonds is 7. The van der Waals surface area contributed by atoms with Gasteiger partial charge in [0.05, 0.1) is 5.56 Å². The van der Waals surface area contributed by atoms with Crippen LogP contribution in [-0.2, 0) is 17.5 Å². The van der Waals surface area contributed by atoms with Gasteiger partial charge in [-0.25, -0.2) is 4.79 Å². The van der Waals surface area contributed by atoms with E-state index in [9.17, 15) is 22.8 Å². The van der Waals surface area contributed by atoms with Gasteiger partial charge in [0.1, 0.15) is 18.0 Å². The van der Waals surface area contributed by atoms with Crippen LogP contribution in [-0.4, -0.2) is 47.4 Å². The molecular weight excluding hydrogens is 435 g/mol. The first kappa shape index (κ1) is 23.1. The van der Waals surface area contributed by atoms with Crippen LogP contribution in [0.3, 0.4) is 0 Å². The zero-order valence-electron chi connectivity index (χ0n) is 18.1. The Balaban J connectivity index is 1.35. The Morgan fingerprint density at radius 1 is 1.03 bits per heavy atom. The summed E-state index contributed by atoms with van der Waals surface area (Å²) in [7, 11) is 0. The van der Waals surface area contributed by atoms with Crippen LogP contribution in [0.2, 0.25) is 0 Å². The molecule has 2 aromatic carbocycles. The molecule has 1 unspecified atom stereocenters. The molecule has 2 aromatic rings. The predicted molar refractivity (Wildman–Crippen MR) is 116 cm³/mol. The summed E-state index contributed by atoms with van der Waals surface area (Å²) in [6.45, 7) is 1.65. The molecule has 2 heterocycles. The highest BCUT2D eigenvalue weighted by Gasteiger charge is 2.36. The zero-order chi connectivity index (χ0) is 23.4. The Kier molecular flexibility index (Phi) is 6.88. The van der Waals surface area contributed by atoms with Crippen molar-refractivity contribution in [2.24, 2.45) is 0 Å². The quantitative estimate of drug-likeness (QED) is 0.602. The van der Waals surface area contributed by atoms with Crippen LogP contribution in [0.15, 0.2) is 48.5 Å². The van der Waals surface area contributed by atoms with E-state index in [1.807, 2.05) is 6.07 Å². The number of urea groups is 1. The molecule has 2 aliphatic heterocycles. The normalized spacial score (nSPS) is 19.3. The third-order valence-corrected chi connectivity index (χ3v) is 5.93. The van der Waals surface area contributed by atoms with Crippen molar-refractivity contribution in [1.82, 2.24) is 15.1 Å². The molecule has 0 bridgehead atoms. The van der Waals surface area contributed by atoms with Crippen molar-refractivity contribution in [3.05, 3.63) is 59.7 Å². The Bertz CT molecular complexity index is 988. The first-order valence-corrected chi connectivity index (χ1v) is 11.1. The highest BCUT2D eigenvalue weighted by atomic mass is 19.4. The van der Waals surface area contributed by atoms with Crippen molar-refractivity contribution in [2.45, 2.75) is 44.4 Å². The Morgan fingerprint density at radius 3 is 2.52 bits per heavy atom. The van der Waals surface area contributed by atoms with Crippen molar-refractivity contribution in [3.63, 3.8) is 0 Å². The number of halogens is 3. The zero-order valence-corrected chi connectivity index (χ0v) is 18.1. The Labute approximate surface area is 190 Å². The molecular formula is C24H26F3N3O3. The van der Waals surface area contributed by atoms with Crippen LogP contribution < -0.4 is 10.1 Å². The van der Waals surface area contributed by atoms with Gasteiger partial charge in [0.15, 0.2) is 0 Å².